The van der Waals surface area contributed by atoms with Crippen LogP contribution in [-0.2, 0) is 0 Å². The van der Waals surface area contributed by atoms with Crippen molar-refractivity contribution in [3.05, 3.63) is 51.2 Å². The van der Waals surface area contributed by atoms with Gasteiger partial charge in [-0.3, -0.25) is 4.79 Å². The monoisotopic (exact) mass is 277 g/mol. The van der Waals surface area contributed by atoms with Crippen molar-refractivity contribution in [2.45, 2.75) is 13.8 Å². The average Bonchev–Trinajstić information content (AvgIpc) is 2.71. The standard InChI is InChI=1S/C13H12FN3OS/c1-8-12(19-9(2)16-8)13(18)17-15-7-10-3-5-11(14)6-4-10/h3-7H,1-2H3,(H,17,18)/b15-7+. The summed E-state index contributed by atoms with van der Waals surface area (Å²) in [5, 5.41) is 4.67. The highest BCUT2D eigenvalue weighted by Crippen LogP contribution is 2.16. The first-order chi connectivity index (χ1) is 9.06. The minimum Gasteiger partial charge on any atom is -0.266 e. The van der Waals surface area contributed by atoms with Crippen molar-refractivity contribution in [3.63, 3.8) is 0 Å². The molecule has 98 valence electrons. The summed E-state index contributed by atoms with van der Waals surface area (Å²) in [6.07, 6.45) is 1.46. The second-order valence-corrected chi connectivity index (χ2v) is 5.10. The van der Waals surface area contributed by atoms with Gasteiger partial charge in [0.25, 0.3) is 5.91 Å². The Kier molecular flexibility index (Phi) is 4.01. The van der Waals surface area contributed by atoms with Crippen LogP contribution in [0, 0.1) is 19.7 Å². The molecule has 0 radical (unpaired) electrons. The number of hydrogen-bond acceptors (Lipinski definition) is 4. The van der Waals surface area contributed by atoms with E-state index in [9.17, 15) is 9.18 Å². The highest BCUT2D eigenvalue weighted by Gasteiger charge is 2.12. The van der Waals surface area contributed by atoms with Gasteiger partial charge in [0.05, 0.1) is 16.9 Å². The van der Waals surface area contributed by atoms with Crippen LogP contribution >= 0.6 is 11.3 Å². The molecule has 2 rings (SSSR count). The molecule has 0 fully saturated rings. The van der Waals surface area contributed by atoms with Gasteiger partial charge in [0, 0.05) is 0 Å². The first-order valence-corrected chi connectivity index (χ1v) is 6.41. The Labute approximate surface area is 114 Å². The van der Waals surface area contributed by atoms with Crippen molar-refractivity contribution in [3.8, 4) is 0 Å². The number of aryl methyl sites for hydroxylation is 2. The maximum atomic E-state index is 12.7. The molecule has 0 spiro atoms. The van der Waals surface area contributed by atoms with Gasteiger partial charge < -0.3 is 0 Å². The minimum absolute atomic E-state index is 0.290. The summed E-state index contributed by atoms with van der Waals surface area (Å²) in [5.74, 6) is -0.599. The van der Waals surface area contributed by atoms with Gasteiger partial charge in [0.15, 0.2) is 0 Å². The molecular weight excluding hydrogens is 265 g/mol. The predicted molar refractivity (Wildman–Crippen MR) is 73.0 cm³/mol. The molecule has 0 aliphatic heterocycles. The van der Waals surface area contributed by atoms with Gasteiger partial charge in [-0.15, -0.1) is 11.3 Å². The van der Waals surface area contributed by atoms with Crippen LogP contribution in [0.2, 0.25) is 0 Å². The zero-order valence-corrected chi connectivity index (χ0v) is 11.3. The quantitative estimate of drug-likeness (QED) is 0.692. The van der Waals surface area contributed by atoms with Crippen molar-refractivity contribution >= 4 is 23.5 Å². The summed E-state index contributed by atoms with van der Waals surface area (Å²) in [5.41, 5.74) is 3.82. The number of thiazole rings is 1. The van der Waals surface area contributed by atoms with E-state index in [1.54, 1.807) is 19.1 Å². The van der Waals surface area contributed by atoms with Gasteiger partial charge in [0.1, 0.15) is 10.7 Å². The van der Waals surface area contributed by atoms with E-state index in [1.807, 2.05) is 6.92 Å². The maximum Gasteiger partial charge on any atom is 0.283 e. The highest BCUT2D eigenvalue weighted by molar-refractivity contribution is 7.13. The number of rotatable bonds is 3. The van der Waals surface area contributed by atoms with Crippen LogP contribution in [0.15, 0.2) is 29.4 Å². The minimum atomic E-state index is -0.308. The number of benzene rings is 1. The van der Waals surface area contributed by atoms with Crippen molar-refractivity contribution in [1.82, 2.24) is 10.4 Å². The molecule has 1 heterocycles. The van der Waals surface area contributed by atoms with Gasteiger partial charge in [-0.2, -0.15) is 5.10 Å². The van der Waals surface area contributed by atoms with E-state index in [1.165, 1.54) is 29.7 Å². The SMILES string of the molecule is Cc1nc(C)c(C(=O)N/N=C/c2ccc(F)cc2)s1. The molecule has 0 unspecified atom stereocenters. The lowest BCUT2D eigenvalue weighted by Gasteiger charge is -1.97. The summed E-state index contributed by atoms with van der Waals surface area (Å²) in [6, 6.07) is 5.82. The molecule has 0 aliphatic rings. The number of carbonyl (C=O) groups excluding carboxylic acids is 1. The van der Waals surface area contributed by atoms with Gasteiger partial charge in [-0.25, -0.2) is 14.8 Å². The van der Waals surface area contributed by atoms with Crippen LogP contribution < -0.4 is 5.43 Å². The van der Waals surface area contributed by atoms with Gasteiger partial charge in [-0.1, -0.05) is 12.1 Å². The Morgan fingerprint density at radius 3 is 2.63 bits per heavy atom. The highest BCUT2D eigenvalue weighted by atomic mass is 32.1. The Balaban J connectivity index is 2.00. The number of aromatic nitrogens is 1. The summed E-state index contributed by atoms with van der Waals surface area (Å²) in [6.45, 7) is 3.62. The zero-order valence-electron chi connectivity index (χ0n) is 10.5. The summed E-state index contributed by atoms with van der Waals surface area (Å²) in [7, 11) is 0. The van der Waals surface area contributed by atoms with E-state index < -0.39 is 0 Å². The first kappa shape index (κ1) is 13.4. The molecule has 2 aromatic rings. The lowest BCUT2D eigenvalue weighted by Crippen LogP contribution is -2.17. The van der Waals surface area contributed by atoms with Crippen LogP contribution in [0.4, 0.5) is 4.39 Å². The number of carbonyl (C=O) groups is 1. The second kappa shape index (κ2) is 5.71. The Morgan fingerprint density at radius 1 is 1.37 bits per heavy atom. The van der Waals surface area contributed by atoms with Crippen LogP contribution in [-0.4, -0.2) is 17.1 Å². The fraction of sp³-hybridized carbons (Fsp3) is 0.154. The third-order valence-corrected chi connectivity index (χ3v) is 3.43. The van der Waals surface area contributed by atoms with E-state index in [-0.39, 0.29) is 11.7 Å². The smallest absolute Gasteiger partial charge is 0.266 e. The third-order valence-electron chi connectivity index (χ3n) is 2.36. The molecule has 1 N–H and O–H groups in total. The van der Waals surface area contributed by atoms with Crippen LogP contribution in [0.1, 0.15) is 25.9 Å². The molecular formula is C13H12FN3OS. The topological polar surface area (TPSA) is 54.4 Å². The second-order valence-electron chi connectivity index (χ2n) is 3.90. The zero-order chi connectivity index (χ0) is 13.8. The van der Waals surface area contributed by atoms with E-state index in [0.717, 1.165) is 5.01 Å². The molecule has 6 heteroatoms. The number of amides is 1. The van der Waals surface area contributed by atoms with Gasteiger partial charge in [0.2, 0.25) is 0 Å². The van der Waals surface area contributed by atoms with E-state index in [0.29, 0.717) is 16.1 Å². The molecule has 19 heavy (non-hydrogen) atoms. The fourth-order valence-corrected chi connectivity index (χ4v) is 2.32. The fourth-order valence-electron chi connectivity index (χ4n) is 1.51. The molecule has 0 aliphatic carbocycles. The normalized spacial score (nSPS) is 10.9. The number of nitrogens with zero attached hydrogens (tertiary/aromatic N) is 2. The van der Waals surface area contributed by atoms with Crippen molar-refractivity contribution in [2.75, 3.05) is 0 Å². The molecule has 0 atom stereocenters. The molecule has 1 amide bonds. The Bertz CT molecular complexity index is 619. The summed E-state index contributed by atoms with van der Waals surface area (Å²) < 4.78 is 12.7. The largest absolute Gasteiger partial charge is 0.283 e. The van der Waals surface area contributed by atoms with Gasteiger partial charge >= 0.3 is 0 Å². The third kappa shape index (κ3) is 3.45. The van der Waals surface area contributed by atoms with Crippen molar-refractivity contribution < 1.29 is 9.18 Å². The predicted octanol–water partition coefficient (Wildman–Crippen LogP) is 2.66. The van der Waals surface area contributed by atoms with Crippen molar-refractivity contribution in [1.29, 1.82) is 0 Å². The maximum absolute atomic E-state index is 12.7. The van der Waals surface area contributed by atoms with Crippen LogP contribution in [0.25, 0.3) is 0 Å². The number of hydrogen-bond donors (Lipinski definition) is 1. The van der Waals surface area contributed by atoms with Crippen LogP contribution in [0.3, 0.4) is 0 Å². The molecule has 0 bridgehead atoms. The van der Waals surface area contributed by atoms with Crippen LogP contribution in [0.5, 0.6) is 0 Å². The molecule has 1 aromatic heterocycles. The Morgan fingerprint density at radius 2 is 2.05 bits per heavy atom. The number of hydrazone groups is 1. The summed E-state index contributed by atoms with van der Waals surface area (Å²) >= 11 is 1.32. The van der Waals surface area contributed by atoms with E-state index in [4.69, 9.17) is 0 Å². The molecule has 4 nitrogen and oxygen atoms in total. The molecule has 0 saturated heterocycles. The van der Waals surface area contributed by atoms with Crippen molar-refractivity contribution in [2.24, 2.45) is 5.10 Å². The number of halogens is 1. The van der Waals surface area contributed by atoms with E-state index in [2.05, 4.69) is 15.5 Å². The molecule has 0 saturated carbocycles. The number of nitrogens with one attached hydrogen (secondary N) is 1. The van der Waals surface area contributed by atoms with Gasteiger partial charge in [-0.05, 0) is 31.5 Å². The lowest BCUT2D eigenvalue weighted by atomic mass is 10.2. The van der Waals surface area contributed by atoms with E-state index >= 15 is 0 Å². The Hall–Kier alpha value is -2.08. The lowest BCUT2D eigenvalue weighted by molar-refractivity contribution is 0.0958. The average molecular weight is 277 g/mol. The first-order valence-electron chi connectivity index (χ1n) is 5.59. The summed E-state index contributed by atoms with van der Waals surface area (Å²) in [4.78, 5) is 16.5. The molecule has 1 aromatic carbocycles.